The number of hydrogen-bond donors (Lipinski definition) is 1. The molecule has 1 N–H and O–H groups in total. The van der Waals surface area contributed by atoms with E-state index < -0.39 is 4.92 Å². The van der Waals surface area contributed by atoms with E-state index in [1.165, 1.54) is 12.1 Å². The van der Waals surface area contributed by atoms with Crippen molar-refractivity contribution in [2.24, 2.45) is 0 Å². The first kappa shape index (κ1) is 15.8. The van der Waals surface area contributed by atoms with Gasteiger partial charge in [-0.2, -0.15) is 0 Å². The van der Waals surface area contributed by atoms with Crippen LogP contribution >= 0.6 is 0 Å². The Bertz CT molecular complexity index is 502. The van der Waals surface area contributed by atoms with Gasteiger partial charge in [-0.3, -0.25) is 19.8 Å². The minimum absolute atomic E-state index is 0.0545. The molecule has 0 unspecified atom stereocenters. The third-order valence-corrected chi connectivity index (χ3v) is 3.06. The number of likely N-dealkylation sites (N-methyl/N-ethyl adjacent to an activating group) is 1. The Kier molecular flexibility index (Phi) is 5.86. The third kappa shape index (κ3) is 4.47. The van der Waals surface area contributed by atoms with Crippen LogP contribution in [-0.4, -0.2) is 35.9 Å². The topological polar surface area (TPSA) is 75.5 Å². The number of amides is 1. The van der Waals surface area contributed by atoms with E-state index in [9.17, 15) is 14.9 Å². The largest absolute Gasteiger partial charge is 0.352 e. The molecule has 1 atom stereocenters. The van der Waals surface area contributed by atoms with Crippen molar-refractivity contribution in [1.82, 2.24) is 10.2 Å². The van der Waals surface area contributed by atoms with Crippen LogP contribution in [0.2, 0.25) is 0 Å². The van der Waals surface area contributed by atoms with E-state index in [1.807, 2.05) is 17.9 Å². The number of non-ortho nitro benzene ring substituents is 1. The molecule has 1 aromatic carbocycles. The maximum absolute atomic E-state index is 11.6. The number of nitro groups is 1. The molecule has 6 nitrogen and oxygen atoms in total. The van der Waals surface area contributed by atoms with Crippen molar-refractivity contribution in [3.63, 3.8) is 0 Å². The smallest absolute Gasteiger partial charge is 0.269 e. The van der Waals surface area contributed by atoms with Crippen LogP contribution < -0.4 is 5.32 Å². The van der Waals surface area contributed by atoms with E-state index >= 15 is 0 Å². The Labute approximate surface area is 118 Å². The molecule has 0 fully saturated rings. The number of nitrogens with one attached hydrogen (secondary N) is 1. The second-order valence-corrected chi connectivity index (χ2v) is 4.54. The molecule has 1 rings (SSSR count). The quantitative estimate of drug-likeness (QED) is 0.469. The highest BCUT2D eigenvalue weighted by molar-refractivity contribution is 5.78. The van der Waals surface area contributed by atoms with E-state index in [4.69, 9.17) is 0 Å². The predicted octanol–water partition coefficient (Wildman–Crippen LogP) is 1.89. The number of carbonyl (C=O) groups excluding carboxylic acids is 1. The third-order valence-electron chi connectivity index (χ3n) is 3.06. The summed E-state index contributed by atoms with van der Waals surface area (Å²) >= 11 is 0. The normalized spacial score (nSPS) is 11.9. The molecule has 0 saturated carbocycles. The highest BCUT2D eigenvalue weighted by Crippen LogP contribution is 2.22. The fraction of sp³-hybridized carbons (Fsp3) is 0.357. The van der Waals surface area contributed by atoms with E-state index in [0.717, 1.165) is 5.56 Å². The minimum Gasteiger partial charge on any atom is -0.352 e. The van der Waals surface area contributed by atoms with Gasteiger partial charge in [0, 0.05) is 24.7 Å². The fourth-order valence-electron chi connectivity index (χ4n) is 1.76. The second kappa shape index (κ2) is 7.40. The molecular weight excluding hydrogens is 258 g/mol. The summed E-state index contributed by atoms with van der Waals surface area (Å²) in [6.07, 6.45) is 1.61. The van der Waals surface area contributed by atoms with Crippen molar-refractivity contribution >= 4 is 11.6 Å². The van der Waals surface area contributed by atoms with Crippen LogP contribution in [0.25, 0.3) is 0 Å². The monoisotopic (exact) mass is 277 g/mol. The zero-order valence-corrected chi connectivity index (χ0v) is 11.7. The summed E-state index contributed by atoms with van der Waals surface area (Å²) in [4.78, 5) is 23.8. The highest BCUT2D eigenvalue weighted by atomic mass is 16.6. The Hall–Kier alpha value is -2.21. The van der Waals surface area contributed by atoms with Gasteiger partial charge in [0.15, 0.2) is 0 Å². The lowest BCUT2D eigenvalue weighted by Gasteiger charge is -2.24. The van der Waals surface area contributed by atoms with Crippen molar-refractivity contribution in [1.29, 1.82) is 0 Å². The van der Waals surface area contributed by atoms with E-state index in [0.29, 0.717) is 6.54 Å². The number of nitrogens with zero attached hydrogens (tertiary/aromatic N) is 2. The van der Waals surface area contributed by atoms with Crippen molar-refractivity contribution in [2.45, 2.75) is 13.0 Å². The summed E-state index contributed by atoms with van der Waals surface area (Å²) in [5.41, 5.74) is 0.858. The number of carbonyl (C=O) groups is 1. The molecule has 0 aliphatic carbocycles. The Morgan fingerprint density at radius 3 is 2.90 bits per heavy atom. The molecular formula is C14H19N3O3. The van der Waals surface area contributed by atoms with Gasteiger partial charge in [-0.25, -0.2) is 0 Å². The first-order valence-electron chi connectivity index (χ1n) is 6.28. The number of nitro benzene ring substituents is 1. The Morgan fingerprint density at radius 1 is 1.60 bits per heavy atom. The van der Waals surface area contributed by atoms with E-state index in [2.05, 4.69) is 11.9 Å². The lowest BCUT2D eigenvalue weighted by Crippen LogP contribution is -2.36. The molecule has 0 saturated heterocycles. The van der Waals surface area contributed by atoms with Gasteiger partial charge in [-0.1, -0.05) is 18.2 Å². The van der Waals surface area contributed by atoms with Crippen LogP contribution in [0.15, 0.2) is 36.9 Å². The minimum atomic E-state index is -0.424. The molecule has 0 bridgehead atoms. The number of benzene rings is 1. The van der Waals surface area contributed by atoms with Crippen molar-refractivity contribution in [2.75, 3.05) is 20.1 Å². The zero-order chi connectivity index (χ0) is 15.1. The van der Waals surface area contributed by atoms with Gasteiger partial charge in [-0.15, -0.1) is 6.58 Å². The fourth-order valence-corrected chi connectivity index (χ4v) is 1.76. The predicted molar refractivity (Wildman–Crippen MR) is 77.3 cm³/mol. The van der Waals surface area contributed by atoms with Crippen LogP contribution in [0.3, 0.4) is 0 Å². The summed E-state index contributed by atoms with van der Waals surface area (Å²) in [5.74, 6) is -0.107. The summed E-state index contributed by atoms with van der Waals surface area (Å²) < 4.78 is 0. The first-order valence-corrected chi connectivity index (χ1v) is 6.28. The van der Waals surface area contributed by atoms with Crippen LogP contribution in [0, 0.1) is 10.1 Å². The van der Waals surface area contributed by atoms with E-state index in [1.54, 1.807) is 19.2 Å². The summed E-state index contributed by atoms with van der Waals surface area (Å²) in [6, 6.07) is 6.35. The molecule has 1 aromatic rings. The van der Waals surface area contributed by atoms with Gasteiger partial charge in [0.25, 0.3) is 5.69 Å². The summed E-state index contributed by atoms with van der Waals surface area (Å²) in [6.45, 7) is 6.08. The Balaban J connectivity index is 2.71. The van der Waals surface area contributed by atoms with Gasteiger partial charge in [-0.05, 0) is 19.5 Å². The molecule has 0 spiro atoms. The van der Waals surface area contributed by atoms with Crippen LogP contribution in [0.4, 0.5) is 5.69 Å². The van der Waals surface area contributed by atoms with Gasteiger partial charge in [0.1, 0.15) is 0 Å². The standard InChI is InChI=1S/C14H19N3O3/c1-4-8-15-14(18)10-16(3)11(2)12-6-5-7-13(9-12)17(19)20/h4-7,9,11H,1,8,10H2,2-3H3,(H,15,18)/t11-/m0/s1. The van der Waals surface area contributed by atoms with Gasteiger partial charge >= 0.3 is 0 Å². The van der Waals surface area contributed by atoms with Crippen LogP contribution in [0.5, 0.6) is 0 Å². The molecule has 1 amide bonds. The van der Waals surface area contributed by atoms with E-state index in [-0.39, 0.29) is 24.2 Å². The lowest BCUT2D eigenvalue weighted by atomic mass is 10.1. The van der Waals surface area contributed by atoms with Crippen LogP contribution in [-0.2, 0) is 4.79 Å². The molecule has 20 heavy (non-hydrogen) atoms. The van der Waals surface area contributed by atoms with Crippen molar-refractivity contribution in [3.05, 3.63) is 52.6 Å². The number of rotatable bonds is 7. The second-order valence-electron chi connectivity index (χ2n) is 4.54. The maximum atomic E-state index is 11.6. The highest BCUT2D eigenvalue weighted by Gasteiger charge is 2.16. The molecule has 0 radical (unpaired) electrons. The van der Waals surface area contributed by atoms with Crippen molar-refractivity contribution in [3.8, 4) is 0 Å². The molecule has 0 aromatic heterocycles. The summed E-state index contributed by atoms with van der Waals surface area (Å²) in [7, 11) is 1.80. The average Bonchev–Trinajstić information content (AvgIpc) is 2.44. The first-order chi connectivity index (χ1) is 9.45. The van der Waals surface area contributed by atoms with Crippen LogP contribution in [0.1, 0.15) is 18.5 Å². The molecule has 108 valence electrons. The molecule has 0 aliphatic rings. The Morgan fingerprint density at radius 2 is 2.30 bits per heavy atom. The molecule has 6 heteroatoms. The SMILES string of the molecule is C=CCNC(=O)CN(C)[C@@H](C)c1cccc([N+](=O)[O-])c1. The maximum Gasteiger partial charge on any atom is 0.269 e. The summed E-state index contributed by atoms with van der Waals surface area (Å²) in [5, 5.41) is 13.5. The van der Waals surface area contributed by atoms with Gasteiger partial charge in [0.05, 0.1) is 11.5 Å². The zero-order valence-electron chi connectivity index (χ0n) is 11.7. The van der Waals surface area contributed by atoms with Gasteiger partial charge in [0.2, 0.25) is 5.91 Å². The average molecular weight is 277 g/mol. The molecule has 0 heterocycles. The van der Waals surface area contributed by atoms with Gasteiger partial charge < -0.3 is 5.32 Å². The lowest BCUT2D eigenvalue weighted by molar-refractivity contribution is -0.384. The van der Waals surface area contributed by atoms with Crippen molar-refractivity contribution < 1.29 is 9.72 Å². The molecule has 0 aliphatic heterocycles. The number of hydrogen-bond acceptors (Lipinski definition) is 4.